The minimum Gasteiger partial charge on any atom is -0.391 e. The van der Waals surface area contributed by atoms with Crippen LogP contribution in [0.4, 0.5) is 0 Å². The predicted molar refractivity (Wildman–Crippen MR) is 48.2 cm³/mol. The van der Waals surface area contributed by atoms with Gasteiger partial charge in [0.05, 0.1) is 6.10 Å². The van der Waals surface area contributed by atoms with Crippen LogP contribution < -0.4 is 5.32 Å². The third-order valence-electron chi connectivity index (χ3n) is 3.14. The maximum Gasteiger partial charge on any atom is 0.207 e. The zero-order valence-electron chi connectivity index (χ0n) is 7.65. The van der Waals surface area contributed by atoms with Crippen molar-refractivity contribution in [1.29, 1.82) is 0 Å². The highest BCUT2D eigenvalue weighted by molar-refractivity contribution is 5.46. The van der Waals surface area contributed by atoms with Gasteiger partial charge in [-0.25, -0.2) is 0 Å². The molecule has 2 aliphatic rings. The van der Waals surface area contributed by atoms with Crippen molar-refractivity contribution in [3.63, 3.8) is 0 Å². The van der Waals surface area contributed by atoms with Gasteiger partial charge < -0.3 is 10.4 Å². The topological polar surface area (TPSA) is 52.6 Å². The Hall–Kier alpha value is -0.610. The lowest BCUT2D eigenvalue weighted by atomic mass is 9.96. The van der Waals surface area contributed by atoms with Crippen LogP contribution in [0, 0.1) is 0 Å². The Bertz CT molecular complexity index is 198. The molecule has 2 heterocycles. The van der Waals surface area contributed by atoms with Gasteiger partial charge in [-0.15, -0.1) is 0 Å². The molecule has 2 unspecified atom stereocenters. The molecule has 2 rings (SSSR count). The molecule has 1 amide bonds. The minimum atomic E-state index is -0.256. The molecule has 0 spiro atoms. The van der Waals surface area contributed by atoms with Crippen LogP contribution in [-0.4, -0.2) is 47.7 Å². The molecule has 0 bridgehead atoms. The normalized spacial score (nSPS) is 39.9. The predicted octanol–water partition coefficient (Wildman–Crippen LogP) is -0.670. The molecule has 2 fully saturated rings. The van der Waals surface area contributed by atoms with Gasteiger partial charge in [-0.1, -0.05) is 0 Å². The molecule has 0 aliphatic carbocycles. The first-order valence-electron chi connectivity index (χ1n) is 4.93. The molecule has 2 N–H and O–H groups in total. The van der Waals surface area contributed by atoms with Gasteiger partial charge >= 0.3 is 0 Å². The summed E-state index contributed by atoms with van der Waals surface area (Å²) >= 11 is 0. The van der Waals surface area contributed by atoms with Crippen molar-refractivity contribution in [3.05, 3.63) is 0 Å². The van der Waals surface area contributed by atoms with Crippen LogP contribution in [0.25, 0.3) is 0 Å². The average molecular weight is 184 g/mol. The summed E-state index contributed by atoms with van der Waals surface area (Å²) in [5.74, 6) is 0. The van der Waals surface area contributed by atoms with E-state index in [1.54, 1.807) is 0 Å². The summed E-state index contributed by atoms with van der Waals surface area (Å²) in [5.41, 5.74) is 0. The Morgan fingerprint density at radius 1 is 1.54 bits per heavy atom. The fourth-order valence-electron chi connectivity index (χ4n) is 2.54. The Morgan fingerprint density at radius 2 is 2.38 bits per heavy atom. The molecule has 13 heavy (non-hydrogen) atoms. The van der Waals surface area contributed by atoms with Crippen molar-refractivity contribution in [2.45, 2.75) is 37.5 Å². The monoisotopic (exact) mass is 184 g/mol. The molecule has 4 heteroatoms. The third kappa shape index (κ3) is 1.69. The molecule has 3 atom stereocenters. The van der Waals surface area contributed by atoms with E-state index in [1.165, 1.54) is 6.42 Å². The quantitative estimate of drug-likeness (QED) is 0.560. The van der Waals surface area contributed by atoms with Gasteiger partial charge in [-0.2, -0.15) is 0 Å². The third-order valence-corrected chi connectivity index (χ3v) is 3.14. The summed E-state index contributed by atoms with van der Waals surface area (Å²) in [6.07, 6.45) is 3.46. The highest BCUT2D eigenvalue weighted by Gasteiger charge is 2.37. The van der Waals surface area contributed by atoms with Crippen LogP contribution in [0.15, 0.2) is 0 Å². The van der Waals surface area contributed by atoms with Crippen molar-refractivity contribution < 1.29 is 9.90 Å². The number of carbonyl (C=O) groups is 1. The number of nitrogens with one attached hydrogen (secondary N) is 1. The van der Waals surface area contributed by atoms with Crippen LogP contribution in [-0.2, 0) is 4.79 Å². The fourth-order valence-corrected chi connectivity index (χ4v) is 2.54. The van der Waals surface area contributed by atoms with E-state index in [0.717, 1.165) is 25.9 Å². The summed E-state index contributed by atoms with van der Waals surface area (Å²) in [6, 6.07) is 0.492. The first-order valence-corrected chi connectivity index (χ1v) is 4.93. The summed E-state index contributed by atoms with van der Waals surface area (Å²) in [5, 5.41) is 12.5. The lowest BCUT2D eigenvalue weighted by molar-refractivity contribution is -0.111. The number of rotatable bonds is 2. The van der Waals surface area contributed by atoms with Gasteiger partial charge in [-0.05, 0) is 25.8 Å². The largest absolute Gasteiger partial charge is 0.391 e. The van der Waals surface area contributed by atoms with Crippen molar-refractivity contribution in [2.75, 3.05) is 13.1 Å². The number of piperidine rings is 1. The van der Waals surface area contributed by atoms with E-state index in [1.807, 2.05) is 0 Å². The van der Waals surface area contributed by atoms with E-state index in [9.17, 15) is 9.90 Å². The van der Waals surface area contributed by atoms with Crippen molar-refractivity contribution in [2.24, 2.45) is 0 Å². The molecule has 0 radical (unpaired) electrons. The number of hydrogen-bond acceptors (Lipinski definition) is 3. The number of fused-ring (bicyclic) bond motifs is 1. The average Bonchev–Trinajstić information content (AvgIpc) is 2.53. The van der Waals surface area contributed by atoms with Gasteiger partial charge in [0, 0.05) is 18.6 Å². The standard InChI is InChI=1S/C9H16N2O2/c12-6-10-7-4-9(13)8-2-1-3-11(8)5-7/h6-9,13H,1-5H2,(H,10,12)/t7?,8?,9-/m0/s1. The second-order valence-electron chi connectivity index (χ2n) is 3.99. The molecular weight excluding hydrogens is 168 g/mol. The number of aliphatic hydroxyl groups is 1. The molecule has 0 aromatic carbocycles. The molecule has 2 aliphatic heterocycles. The molecule has 74 valence electrons. The first-order chi connectivity index (χ1) is 6.31. The second kappa shape index (κ2) is 3.64. The Balaban J connectivity index is 1.97. The SMILES string of the molecule is O=CNC1C[C@H](O)C2CCCN2C1. The summed E-state index contributed by atoms with van der Waals surface area (Å²) in [7, 11) is 0. The van der Waals surface area contributed by atoms with Gasteiger partial charge in [0.1, 0.15) is 0 Å². The van der Waals surface area contributed by atoms with Crippen LogP contribution in [0.1, 0.15) is 19.3 Å². The number of nitrogens with zero attached hydrogens (tertiary/aromatic N) is 1. The molecule has 2 saturated heterocycles. The highest BCUT2D eigenvalue weighted by Crippen LogP contribution is 2.26. The van der Waals surface area contributed by atoms with Crippen LogP contribution >= 0.6 is 0 Å². The molecule has 4 nitrogen and oxygen atoms in total. The number of aliphatic hydroxyl groups excluding tert-OH is 1. The summed E-state index contributed by atoms with van der Waals surface area (Å²) in [4.78, 5) is 12.5. The van der Waals surface area contributed by atoms with Crippen molar-refractivity contribution >= 4 is 6.41 Å². The second-order valence-corrected chi connectivity index (χ2v) is 3.99. The van der Waals surface area contributed by atoms with Crippen LogP contribution in [0.5, 0.6) is 0 Å². The first kappa shape index (κ1) is 8.97. The summed E-state index contributed by atoms with van der Waals surface area (Å²) < 4.78 is 0. The number of carbonyl (C=O) groups excluding carboxylic acids is 1. The fraction of sp³-hybridized carbons (Fsp3) is 0.889. The Kier molecular flexibility index (Phi) is 2.51. The zero-order valence-corrected chi connectivity index (χ0v) is 7.65. The zero-order chi connectivity index (χ0) is 9.26. The van der Waals surface area contributed by atoms with Gasteiger partial charge in [0.2, 0.25) is 6.41 Å². The van der Waals surface area contributed by atoms with E-state index in [4.69, 9.17) is 0 Å². The van der Waals surface area contributed by atoms with E-state index in [-0.39, 0.29) is 12.1 Å². The number of hydrogen-bond donors (Lipinski definition) is 2. The number of amides is 1. The lowest BCUT2D eigenvalue weighted by Crippen LogP contribution is -2.54. The highest BCUT2D eigenvalue weighted by atomic mass is 16.3. The maximum absolute atomic E-state index is 10.3. The van der Waals surface area contributed by atoms with E-state index in [0.29, 0.717) is 12.5 Å². The summed E-state index contributed by atoms with van der Waals surface area (Å²) in [6.45, 7) is 1.97. The smallest absolute Gasteiger partial charge is 0.207 e. The van der Waals surface area contributed by atoms with Crippen LogP contribution in [0.3, 0.4) is 0 Å². The minimum absolute atomic E-state index is 0.141. The Labute approximate surface area is 77.9 Å². The molecule has 0 saturated carbocycles. The van der Waals surface area contributed by atoms with Gasteiger partial charge in [-0.3, -0.25) is 9.69 Å². The maximum atomic E-state index is 10.3. The van der Waals surface area contributed by atoms with E-state index < -0.39 is 0 Å². The molecule has 0 aromatic rings. The van der Waals surface area contributed by atoms with Crippen molar-refractivity contribution in [1.82, 2.24) is 10.2 Å². The van der Waals surface area contributed by atoms with E-state index in [2.05, 4.69) is 10.2 Å². The van der Waals surface area contributed by atoms with Gasteiger partial charge in [0.15, 0.2) is 0 Å². The van der Waals surface area contributed by atoms with E-state index >= 15 is 0 Å². The molecule has 0 aromatic heterocycles. The Morgan fingerprint density at radius 3 is 3.15 bits per heavy atom. The van der Waals surface area contributed by atoms with Gasteiger partial charge in [0.25, 0.3) is 0 Å². The molecular formula is C9H16N2O2. The van der Waals surface area contributed by atoms with Crippen LogP contribution in [0.2, 0.25) is 0 Å². The lowest BCUT2D eigenvalue weighted by Gasteiger charge is -2.38. The van der Waals surface area contributed by atoms with Crippen molar-refractivity contribution in [3.8, 4) is 0 Å².